The van der Waals surface area contributed by atoms with Crippen molar-refractivity contribution in [3.63, 3.8) is 0 Å². The van der Waals surface area contributed by atoms with Gasteiger partial charge in [-0.25, -0.2) is 4.39 Å². The minimum atomic E-state index is -0.192. The topological polar surface area (TPSA) is 49.6 Å². The first kappa shape index (κ1) is 19.1. The van der Waals surface area contributed by atoms with Gasteiger partial charge in [0.15, 0.2) is 0 Å². The molecule has 0 N–H and O–H groups in total. The summed E-state index contributed by atoms with van der Waals surface area (Å²) < 4.78 is 18.3. The molecule has 1 aromatic carbocycles. The molecule has 28 heavy (non-hydrogen) atoms. The second-order valence-corrected chi connectivity index (χ2v) is 8.19. The number of amides is 1. The van der Waals surface area contributed by atoms with E-state index in [1.807, 2.05) is 26.0 Å². The van der Waals surface area contributed by atoms with E-state index in [4.69, 9.17) is 4.52 Å². The summed E-state index contributed by atoms with van der Waals surface area (Å²) in [5.74, 6) is 1.25. The molecule has 2 atom stereocenters. The molecule has 2 aliphatic rings. The molecule has 0 spiro atoms. The summed E-state index contributed by atoms with van der Waals surface area (Å²) in [6.07, 6.45) is 3.60. The number of carbonyl (C=O) groups is 1. The molecule has 2 aliphatic heterocycles. The summed E-state index contributed by atoms with van der Waals surface area (Å²) in [6, 6.07) is 7.10. The molecule has 2 fully saturated rings. The molecule has 5 nitrogen and oxygen atoms in total. The van der Waals surface area contributed by atoms with Crippen molar-refractivity contribution in [2.75, 3.05) is 19.6 Å². The number of fused-ring (bicyclic) bond motifs is 1. The van der Waals surface area contributed by atoms with E-state index in [1.165, 1.54) is 18.6 Å². The van der Waals surface area contributed by atoms with Gasteiger partial charge < -0.3 is 9.42 Å². The van der Waals surface area contributed by atoms with Crippen LogP contribution in [0.15, 0.2) is 28.8 Å². The summed E-state index contributed by atoms with van der Waals surface area (Å²) in [7, 11) is 0. The van der Waals surface area contributed by atoms with Gasteiger partial charge in [-0.15, -0.1) is 0 Å². The van der Waals surface area contributed by atoms with Crippen LogP contribution in [0, 0.1) is 25.6 Å². The number of piperidine rings is 2. The lowest BCUT2D eigenvalue weighted by Crippen LogP contribution is -2.55. The zero-order chi connectivity index (χ0) is 19.7. The van der Waals surface area contributed by atoms with Crippen molar-refractivity contribution in [3.05, 3.63) is 52.7 Å². The zero-order valence-corrected chi connectivity index (χ0v) is 16.7. The van der Waals surface area contributed by atoms with Gasteiger partial charge in [0.1, 0.15) is 11.6 Å². The van der Waals surface area contributed by atoms with E-state index in [2.05, 4.69) is 15.0 Å². The van der Waals surface area contributed by atoms with Gasteiger partial charge in [-0.1, -0.05) is 17.3 Å². The standard InChI is InChI=1S/C22H28FN3O2/c1-15-20(16(2)28-24-15)12-22(27)26-10-3-4-18-14-25(11-9-21(18)26)13-17-5-7-19(23)8-6-17/h5-8,18,21H,3-4,9-14H2,1-2H3/t18-,21-/m1/s1. The van der Waals surface area contributed by atoms with Crippen LogP contribution in [0.1, 0.15) is 41.8 Å². The van der Waals surface area contributed by atoms with Gasteiger partial charge in [0, 0.05) is 37.8 Å². The molecule has 1 amide bonds. The predicted molar refractivity (Wildman–Crippen MR) is 104 cm³/mol. The smallest absolute Gasteiger partial charge is 0.227 e. The van der Waals surface area contributed by atoms with Crippen LogP contribution in [0.2, 0.25) is 0 Å². The van der Waals surface area contributed by atoms with E-state index in [0.29, 0.717) is 18.4 Å². The van der Waals surface area contributed by atoms with Crippen LogP contribution in [-0.4, -0.2) is 46.5 Å². The predicted octanol–water partition coefficient (Wildman–Crippen LogP) is 3.49. The van der Waals surface area contributed by atoms with Gasteiger partial charge >= 0.3 is 0 Å². The summed E-state index contributed by atoms with van der Waals surface area (Å²) in [4.78, 5) is 17.6. The lowest BCUT2D eigenvalue weighted by molar-refractivity contribution is -0.137. The molecule has 0 unspecified atom stereocenters. The van der Waals surface area contributed by atoms with Crippen LogP contribution >= 0.6 is 0 Å². The third kappa shape index (κ3) is 3.97. The fraction of sp³-hybridized carbons (Fsp3) is 0.545. The Balaban J connectivity index is 1.39. The van der Waals surface area contributed by atoms with Crippen molar-refractivity contribution in [1.29, 1.82) is 0 Å². The summed E-state index contributed by atoms with van der Waals surface area (Å²) in [5.41, 5.74) is 2.89. The van der Waals surface area contributed by atoms with E-state index in [0.717, 1.165) is 61.6 Å². The second kappa shape index (κ2) is 8.03. The average molecular weight is 385 g/mol. The second-order valence-electron chi connectivity index (χ2n) is 8.19. The highest BCUT2D eigenvalue weighted by atomic mass is 19.1. The van der Waals surface area contributed by atoms with E-state index in [1.54, 1.807) is 0 Å². The largest absolute Gasteiger partial charge is 0.361 e. The van der Waals surface area contributed by atoms with Gasteiger partial charge in [-0.2, -0.15) is 0 Å². The summed E-state index contributed by atoms with van der Waals surface area (Å²) in [5, 5.41) is 3.98. The fourth-order valence-electron chi connectivity index (χ4n) is 4.79. The third-order valence-corrected chi connectivity index (χ3v) is 6.30. The van der Waals surface area contributed by atoms with Crippen LogP contribution in [-0.2, 0) is 17.8 Å². The number of hydrogen-bond donors (Lipinski definition) is 0. The molecule has 4 rings (SSSR count). The fourth-order valence-corrected chi connectivity index (χ4v) is 4.79. The molecule has 0 saturated carbocycles. The molecule has 2 saturated heterocycles. The molecular weight excluding hydrogens is 357 g/mol. The molecule has 0 radical (unpaired) electrons. The summed E-state index contributed by atoms with van der Waals surface area (Å²) in [6.45, 7) is 7.42. The Kier molecular flexibility index (Phi) is 5.49. The maximum Gasteiger partial charge on any atom is 0.227 e. The number of aryl methyl sites for hydroxylation is 2. The van der Waals surface area contributed by atoms with Crippen molar-refractivity contribution in [2.45, 2.75) is 52.1 Å². The molecule has 150 valence electrons. The molecule has 6 heteroatoms. The van der Waals surface area contributed by atoms with E-state index >= 15 is 0 Å². The Bertz CT molecular complexity index is 813. The molecule has 2 aromatic rings. The number of benzene rings is 1. The van der Waals surface area contributed by atoms with Crippen molar-refractivity contribution >= 4 is 5.91 Å². The normalized spacial score (nSPS) is 22.9. The Morgan fingerprint density at radius 2 is 2.00 bits per heavy atom. The number of hydrogen-bond acceptors (Lipinski definition) is 4. The maximum absolute atomic E-state index is 13.1. The number of rotatable bonds is 4. The number of likely N-dealkylation sites (tertiary alicyclic amines) is 2. The van der Waals surface area contributed by atoms with E-state index in [9.17, 15) is 9.18 Å². The molecular formula is C22H28FN3O2. The lowest BCUT2D eigenvalue weighted by Gasteiger charge is -2.47. The highest BCUT2D eigenvalue weighted by Crippen LogP contribution is 2.32. The first-order chi connectivity index (χ1) is 13.5. The molecule has 0 bridgehead atoms. The molecule has 3 heterocycles. The first-order valence-corrected chi connectivity index (χ1v) is 10.2. The highest BCUT2D eigenvalue weighted by Gasteiger charge is 2.38. The van der Waals surface area contributed by atoms with Crippen LogP contribution in [0.5, 0.6) is 0 Å². The van der Waals surface area contributed by atoms with Crippen LogP contribution < -0.4 is 0 Å². The van der Waals surface area contributed by atoms with Gasteiger partial charge in [-0.05, 0) is 56.7 Å². The van der Waals surface area contributed by atoms with Gasteiger partial charge in [0.25, 0.3) is 0 Å². The van der Waals surface area contributed by atoms with Crippen molar-refractivity contribution in [1.82, 2.24) is 15.0 Å². The van der Waals surface area contributed by atoms with Crippen LogP contribution in [0.25, 0.3) is 0 Å². The van der Waals surface area contributed by atoms with Crippen LogP contribution in [0.3, 0.4) is 0 Å². The zero-order valence-electron chi connectivity index (χ0n) is 16.7. The van der Waals surface area contributed by atoms with Crippen molar-refractivity contribution in [2.24, 2.45) is 5.92 Å². The Labute approximate surface area is 165 Å². The minimum absolute atomic E-state index is 0.191. The van der Waals surface area contributed by atoms with Crippen molar-refractivity contribution in [3.8, 4) is 0 Å². The monoisotopic (exact) mass is 385 g/mol. The first-order valence-electron chi connectivity index (χ1n) is 10.2. The number of aromatic nitrogens is 1. The Hall–Kier alpha value is -2.21. The molecule has 0 aliphatic carbocycles. The number of carbonyl (C=O) groups excluding carboxylic acids is 1. The quantitative estimate of drug-likeness (QED) is 0.808. The van der Waals surface area contributed by atoms with Gasteiger partial charge in [0.2, 0.25) is 5.91 Å². The lowest BCUT2D eigenvalue weighted by atomic mass is 9.83. The SMILES string of the molecule is Cc1noc(C)c1CC(=O)N1CCC[C@@H]2CN(Cc3ccc(F)cc3)CC[C@H]21. The Morgan fingerprint density at radius 3 is 2.71 bits per heavy atom. The summed E-state index contributed by atoms with van der Waals surface area (Å²) >= 11 is 0. The molecule has 1 aromatic heterocycles. The van der Waals surface area contributed by atoms with Crippen molar-refractivity contribution < 1.29 is 13.7 Å². The highest BCUT2D eigenvalue weighted by molar-refractivity contribution is 5.79. The maximum atomic E-state index is 13.1. The number of nitrogens with zero attached hydrogens (tertiary/aromatic N) is 3. The van der Waals surface area contributed by atoms with E-state index < -0.39 is 0 Å². The number of halogens is 1. The minimum Gasteiger partial charge on any atom is -0.361 e. The van der Waals surface area contributed by atoms with Gasteiger partial charge in [-0.3, -0.25) is 9.69 Å². The van der Waals surface area contributed by atoms with E-state index in [-0.39, 0.29) is 11.7 Å². The average Bonchev–Trinajstić information content (AvgIpc) is 3.01. The Morgan fingerprint density at radius 1 is 1.21 bits per heavy atom. The van der Waals surface area contributed by atoms with Crippen LogP contribution in [0.4, 0.5) is 4.39 Å². The van der Waals surface area contributed by atoms with Gasteiger partial charge in [0.05, 0.1) is 12.1 Å². The third-order valence-electron chi connectivity index (χ3n) is 6.30.